The third-order valence-corrected chi connectivity index (χ3v) is 4.96. The molecular weight excluding hydrogens is 374 g/mol. The molecule has 1 saturated heterocycles. The van der Waals surface area contributed by atoms with Crippen LogP contribution in [-0.4, -0.2) is 53.5 Å². The van der Waals surface area contributed by atoms with E-state index in [0.717, 1.165) is 38.5 Å². The summed E-state index contributed by atoms with van der Waals surface area (Å²) in [6.07, 6.45) is 3.64. The second-order valence-electron chi connectivity index (χ2n) is 8.08. The van der Waals surface area contributed by atoms with Crippen LogP contribution in [0.3, 0.4) is 0 Å². The molecule has 2 heterocycles. The lowest BCUT2D eigenvalue weighted by Crippen LogP contribution is -2.49. The van der Waals surface area contributed by atoms with Gasteiger partial charge in [-0.3, -0.25) is 14.7 Å². The summed E-state index contributed by atoms with van der Waals surface area (Å²) in [6.45, 7) is 10.8. The molecule has 0 radical (unpaired) electrons. The van der Waals surface area contributed by atoms with Crippen molar-refractivity contribution in [3.05, 3.63) is 59.9 Å². The van der Waals surface area contributed by atoms with Gasteiger partial charge in [-0.1, -0.05) is 32.9 Å². The van der Waals surface area contributed by atoms with Crippen LogP contribution in [0.1, 0.15) is 31.9 Å². The van der Waals surface area contributed by atoms with E-state index in [4.69, 9.17) is 4.74 Å². The second-order valence-corrected chi connectivity index (χ2v) is 8.08. The Balaban J connectivity index is 0.00000280. The molecule has 1 aromatic carbocycles. The first kappa shape index (κ1) is 22.2. The number of ether oxygens (including phenoxy) is 1. The van der Waals surface area contributed by atoms with Crippen LogP contribution in [0.5, 0.6) is 5.75 Å². The predicted molar refractivity (Wildman–Crippen MR) is 114 cm³/mol. The Morgan fingerprint density at radius 2 is 1.61 bits per heavy atom. The molecule has 0 saturated carbocycles. The van der Waals surface area contributed by atoms with Crippen LogP contribution < -0.4 is 4.74 Å². The third kappa shape index (κ3) is 6.21. The van der Waals surface area contributed by atoms with Gasteiger partial charge in [0.1, 0.15) is 5.75 Å². The van der Waals surface area contributed by atoms with Crippen LogP contribution in [-0.2, 0) is 16.8 Å². The van der Waals surface area contributed by atoms with Gasteiger partial charge in [-0.15, -0.1) is 12.4 Å². The lowest BCUT2D eigenvalue weighted by molar-refractivity contribution is -0.135. The first-order chi connectivity index (χ1) is 12.9. The monoisotopic (exact) mass is 403 g/mol. The number of hydrogen-bond donors (Lipinski definition) is 0. The van der Waals surface area contributed by atoms with Gasteiger partial charge in [0.05, 0.1) is 0 Å². The third-order valence-electron chi connectivity index (χ3n) is 4.96. The number of pyridine rings is 1. The first-order valence-electron chi connectivity index (χ1n) is 9.54. The van der Waals surface area contributed by atoms with Crippen LogP contribution in [0.25, 0.3) is 0 Å². The van der Waals surface area contributed by atoms with Gasteiger partial charge in [-0.25, -0.2) is 0 Å². The van der Waals surface area contributed by atoms with E-state index in [-0.39, 0.29) is 30.3 Å². The van der Waals surface area contributed by atoms with E-state index in [0.29, 0.717) is 0 Å². The number of benzene rings is 1. The molecule has 2 aromatic rings. The van der Waals surface area contributed by atoms with Crippen molar-refractivity contribution in [2.45, 2.75) is 32.7 Å². The molecule has 1 aliphatic rings. The van der Waals surface area contributed by atoms with Gasteiger partial charge in [0, 0.05) is 45.1 Å². The molecule has 1 aliphatic heterocycles. The Labute approximate surface area is 174 Å². The molecule has 1 amide bonds. The number of hydrogen-bond acceptors (Lipinski definition) is 4. The lowest BCUT2D eigenvalue weighted by atomic mass is 9.87. The fourth-order valence-corrected chi connectivity index (χ4v) is 3.19. The summed E-state index contributed by atoms with van der Waals surface area (Å²) >= 11 is 0. The molecule has 0 atom stereocenters. The molecule has 0 bridgehead atoms. The highest BCUT2D eigenvalue weighted by molar-refractivity contribution is 5.85. The molecular formula is C22H30ClN3O2. The number of nitrogens with zero attached hydrogens (tertiary/aromatic N) is 3. The molecule has 6 heteroatoms. The van der Waals surface area contributed by atoms with Crippen molar-refractivity contribution < 1.29 is 9.53 Å². The van der Waals surface area contributed by atoms with Crippen LogP contribution >= 0.6 is 12.4 Å². The zero-order valence-corrected chi connectivity index (χ0v) is 17.7. The highest BCUT2D eigenvalue weighted by atomic mass is 35.5. The molecule has 0 spiro atoms. The van der Waals surface area contributed by atoms with Gasteiger partial charge in [-0.2, -0.15) is 0 Å². The summed E-state index contributed by atoms with van der Waals surface area (Å²) in [6, 6.07) is 12.1. The molecule has 152 valence electrons. The van der Waals surface area contributed by atoms with Crippen molar-refractivity contribution >= 4 is 18.3 Å². The summed E-state index contributed by atoms with van der Waals surface area (Å²) in [5.74, 6) is 0.797. The molecule has 0 aliphatic carbocycles. The van der Waals surface area contributed by atoms with E-state index in [1.54, 1.807) is 0 Å². The van der Waals surface area contributed by atoms with Crippen LogP contribution in [0.4, 0.5) is 0 Å². The maximum absolute atomic E-state index is 12.4. The number of amides is 1. The van der Waals surface area contributed by atoms with Crippen LogP contribution in [0, 0.1) is 0 Å². The normalized spacial score (nSPS) is 15.0. The number of aromatic nitrogens is 1. The topological polar surface area (TPSA) is 45.7 Å². The SMILES string of the molecule is CC(C)(C)c1ccc(OCC(=O)N2CCN(Cc3ccncc3)CC2)cc1.Cl. The summed E-state index contributed by atoms with van der Waals surface area (Å²) in [5.41, 5.74) is 2.63. The Hall–Kier alpha value is -2.11. The van der Waals surface area contributed by atoms with Crippen molar-refractivity contribution in [3.63, 3.8) is 0 Å². The predicted octanol–water partition coefficient (Wildman–Crippen LogP) is 3.52. The number of piperazine rings is 1. The van der Waals surface area contributed by atoms with Gasteiger partial charge in [0.15, 0.2) is 6.61 Å². The van der Waals surface area contributed by atoms with E-state index >= 15 is 0 Å². The van der Waals surface area contributed by atoms with E-state index in [9.17, 15) is 4.79 Å². The lowest BCUT2D eigenvalue weighted by Gasteiger charge is -2.34. The minimum Gasteiger partial charge on any atom is -0.484 e. The summed E-state index contributed by atoms with van der Waals surface area (Å²) < 4.78 is 5.70. The van der Waals surface area contributed by atoms with E-state index in [2.05, 4.69) is 42.8 Å². The van der Waals surface area contributed by atoms with Crippen molar-refractivity contribution in [1.29, 1.82) is 0 Å². The minimum atomic E-state index is 0. The highest BCUT2D eigenvalue weighted by Crippen LogP contribution is 2.24. The fourth-order valence-electron chi connectivity index (χ4n) is 3.19. The van der Waals surface area contributed by atoms with Crippen molar-refractivity contribution in [2.24, 2.45) is 0 Å². The van der Waals surface area contributed by atoms with Gasteiger partial charge < -0.3 is 9.64 Å². The maximum atomic E-state index is 12.4. The van der Waals surface area contributed by atoms with E-state index in [1.807, 2.05) is 41.6 Å². The van der Waals surface area contributed by atoms with E-state index < -0.39 is 0 Å². The summed E-state index contributed by atoms with van der Waals surface area (Å²) in [7, 11) is 0. The van der Waals surface area contributed by atoms with Gasteiger partial charge in [-0.05, 0) is 40.8 Å². The Kier molecular flexibility index (Phi) is 7.84. The number of halogens is 1. The quantitative estimate of drug-likeness (QED) is 0.766. The Morgan fingerprint density at radius 1 is 1.00 bits per heavy atom. The van der Waals surface area contributed by atoms with Gasteiger partial charge >= 0.3 is 0 Å². The van der Waals surface area contributed by atoms with Crippen molar-refractivity contribution in [2.75, 3.05) is 32.8 Å². The largest absolute Gasteiger partial charge is 0.484 e. The molecule has 0 N–H and O–H groups in total. The molecule has 28 heavy (non-hydrogen) atoms. The number of rotatable bonds is 5. The Morgan fingerprint density at radius 3 is 2.18 bits per heavy atom. The molecule has 0 unspecified atom stereocenters. The molecule has 5 nitrogen and oxygen atoms in total. The summed E-state index contributed by atoms with van der Waals surface area (Å²) in [5, 5.41) is 0. The molecule has 1 aromatic heterocycles. The average Bonchev–Trinajstić information content (AvgIpc) is 2.67. The maximum Gasteiger partial charge on any atom is 0.260 e. The van der Waals surface area contributed by atoms with Crippen molar-refractivity contribution in [1.82, 2.24) is 14.8 Å². The average molecular weight is 404 g/mol. The zero-order valence-electron chi connectivity index (χ0n) is 16.9. The van der Waals surface area contributed by atoms with Crippen LogP contribution in [0.2, 0.25) is 0 Å². The smallest absolute Gasteiger partial charge is 0.260 e. The first-order valence-corrected chi connectivity index (χ1v) is 9.54. The fraction of sp³-hybridized carbons (Fsp3) is 0.455. The van der Waals surface area contributed by atoms with E-state index in [1.165, 1.54) is 11.1 Å². The summed E-state index contributed by atoms with van der Waals surface area (Å²) in [4.78, 5) is 20.7. The zero-order chi connectivity index (χ0) is 19.3. The van der Waals surface area contributed by atoms with Crippen molar-refractivity contribution in [3.8, 4) is 5.75 Å². The highest BCUT2D eigenvalue weighted by Gasteiger charge is 2.21. The van der Waals surface area contributed by atoms with Crippen LogP contribution in [0.15, 0.2) is 48.8 Å². The standard InChI is InChI=1S/C22H29N3O2.ClH/c1-22(2,3)19-4-6-20(7-5-19)27-17-21(26)25-14-12-24(13-15-25)16-18-8-10-23-11-9-18;/h4-11H,12-17H2,1-3H3;1H. The number of carbonyl (C=O) groups is 1. The second kappa shape index (κ2) is 9.89. The Bertz CT molecular complexity index is 737. The van der Waals surface area contributed by atoms with Gasteiger partial charge in [0.25, 0.3) is 5.91 Å². The number of carbonyl (C=O) groups excluding carboxylic acids is 1. The van der Waals surface area contributed by atoms with Gasteiger partial charge in [0.2, 0.25) is 0 Å². The molecule has 3 rings (SSSR count). The molecule has 1 fully saturated rings. The minimum absolute atomic E-state index is 0.